The lowest BCUT2D eigenvalue weighted by Gasteiger charge is -2.35. The number of hydrogen-bond acceptors (Lipinski definition) is 16. The molecule has 1 aliphatic heterocycles. The van der Waals surface area contributed by atoms with Crippen LogP contribution >= 0.6 is 7.82 Å². The summed E-state index contributed by atoms with van der Waals surface area (Å²) in [5.74, 6) is -5.00. The predicted molar refractivity (Wildman–Crippen MR) is 139 cm³/mol. The van der Waals surface area contributed by atoms with Crippen molar-refractivity contribution in [1.29, 1.82) is 0 Å². The predicted octanol–water partition coefficient (Wildman–Crippen LogP) is -5.45. The number of rotatable bonds is 15. The average molecular weight is 643 g/mol. The molecule has 20 heteroatoms. The molecule has 1 amide bonds. The molecule has 6 atom stereocenters. The Labute approximate surface area is 246 Å². The molecule has 1 aromatic heterocycles. The normalized spacial score (nSPS) is 17.2. The van der Waals surface area contributed by atoms with Crippen LogP contribution in [0.15, 0.2) is 27.8 Å². The van der Waals surface area contributed by atoms with Crippen molar-refractivity contribution in [3.8, 4) is 5.75 Å². The number of phenols is 1. The van der Waals surface area contributed by atoms with Gasteiger partial charge in [0.2, 0.25) is 5.91 Å². The number of hydrogen-bond donors (Lipinski definition) is 7. The second kappa shape index (κ2) is 14.1. The van der Waals surface area contributed by atoms with Crippen LogP contribution in [0.1, 0.15) is 30.9 Å². The van der Waals surface area contributed by atoms with Crippen LogP contribution in [-0.2, 0) is 34.4 Å². The molecule has 3 rings (SSSR count). The van der Waals surface area contributed by atoms with Crippen molar-refractivity contribution in [1.82, 2.24) is 15.3 Å². The summed E-state index contributed by atoms with van der Waals surface area (Å²) in [6.45, 7) is -0.878. The van der Waals surface area contributed by atoms with Crippen molar-refractivity contribution in [2.45, 2.75) is 56.6 Å². The van der Waals surface area contributed by atoms with Crippen LogP contribution in [0.2, 0.25) is 0 Å². The molecule has 1 aromatic carbocycles. The second-order valence-electron chi connectivity index (χ2n) is 9.74. The number of aliphatic hydroxyl groups is 3. The number of aliphatic carboxylic acids is 2. The third-order valence-corrected chi connectivity index (χ3v) is 7.51. The molecular weight excluding hydrogens is 615 g/mol. The lowest BCUT2D eigenvalue weighted by molar-refractivity contribution is -0.310. The van der Waals surface area contributed by atoms with E-state index in [-0.39, 0.29) is 29.2 Å². The number of carbonyl (C=O) groups is 3. The lowest BCUT2D eigenvalue weighted by atomic mass is 9.97. The first-order valence-corrected chi connectivity index (χ1v) is 14.3. The van der Waals surface area contributed by atoms with E-state index in [4.69, 9.17) is 0 Å². The molecule has 44 heavy (non-hydrogen) atoms. The van der Waals surface area contributed by atoms with Gasteiger partial charge < -0.3 is 64.4 Å². The smallest absolute Gasteiger partial charge is 0.327 e. The number of aromatic nitrogens is 2. The Balaban J connectivity index is 1.64. The van der Waals surface area contributed by atoms with Gasteiger partial charge in [0.15, 0.2) is 0 Å². The Morgan fingerprint density at radius 3 is 2.45 bits per heavy atom. The number of benzene rings is 1. The van der Waals surface area contributed by atoms with E-state index in [9.17, 15) is 64.1 Å². The number of β-amino-alcohol motifs (C(OH)–C–C–N with tert-alkyl or cyclic N) is 1. The van der Waals surface area contributed by atoms with Crippen LogP contribution in [0.5, 0.6) is 5.75 Å². The van der Waals surface area contributed by atoms with E-state index in [0.717, 1.165) is 6.92 Å². The molecule has 0 fully saturated rings. The summed E-state index contributed by atoms with van der Waals surface area (Å²) in [5.41, 5.74) is -0.752. The number of carboxylic acid groups (broad SMARTS) is 2. The third kappa shape index (κ3) is 8.73. The van der Waals surface area contributed by atoms with Crippen molar-refractivity contribution in [3.63, 3.8) is 0 Å². The van der Waals surface area contributed by atoms with Crippen LogP contribution < -0.4 is 36.6 Å². The number of nitrogens with one attached hydrogen (secondary N) is 3. The summed E-state index contributed by atoms with van der Waals surface area (Å²) in [6, 6.07) is 2.31. The van der Waals surface area contributed by atoms with E-state index in [1.165, 1.54) is 23.1 Å². The van der Waals surface area contributed by atoms with Crippen LogP contribution in [-0.4, -0.2) is 91.8 Å². The van der Waals surface area contributed by atoms with E-state index in [1.807, 2.05) is 5.32 Å². The number of aromatic hydroxyl groups is 1. The second-order valence-corrected chi connectivity index (χ2v) is 11.1. The standard InChI is InChI=1S/C24H31N4O15P/c1-10(21(35)25-14(23(37)38)4-5-18(32)33)43-44(40,41)42-9-17(31)19(34)16(30)8-28-15-7-12(29)3-2-11(15)6-13-20(28)26-24(39)27-22(13)36/h2-3,7,10,14,16-17,19,29-31,34H,4-6,8-9H2,1H3,(H,25,35)(H,32,33)(H,37,38)(H,40,41)(H2,26,27,36,39)/p-3/t10-,14-,16-,17+,19-/m0/s1. The SMILES string of the molecule is C[C@H](OP(=O)([O-])OC[C@@H](O)[C@@H](O)[C@@H](O)CN1c2cc(O)ccc2Cc2c1[nH]c(=O)[nH]c2=O)C(=O)N[C@@H](CCC(=O)[O-])C(=O)[O-]. The summed E-state index contributed by atoms with van der Waals surface area (Å²) in [5, 5.41) is 64.9. The maximum absolute atomic E-state index is 12.4. The van der Waals surface area contributed by atoms with Crippen molar-refractivity contribution in [2.75, 3.05) is 18.1 Å². The average Bonchev–Trinajstić information content (AvgIpc) is 2.93. The molecule has 1 aliphatic rings. The zero-order chi connectivity index (χ0) is 32.9. The van der Waals surface area contributed by atoms with Gasteiger partial charge in [-0.25, -0.2) is 4.79 Å². The summed E-state index contributed by atoms with van der Waals surface area (Å²) in [7, 11) is -5.41. The molecule has 0 saturated heterocycles. The maximum atomic E-state index is 12.4. The Bertz CT molecular complexity index is 1560. The minimum atomic E-state index is -5.41. The Morgan fingerprint density at radius 1 is 1.14 bits per heavy atom. The Hall–Kier alpha value is -4.10. The van der Waals surface area contributed by atoms with Crippen molar-refractivity contribution in [2.24, 2.45) is 0 Å². The molecule has 2 heterocycles. The number of nitrogens with zero attached hydrogens (tertiary/aromatic N) is 1. The molecule has 19 nitrogen and oxygen atoms in total. The number of anilines is 2. The quantitative estimate of drug-likeness (QED) is 0.0890. The van der Waals surface area contributed by atoms with Gasteiger partial charge in [-0.05, 0) is 31.4 Å². The Kier molecular flexibility index (Phi) is 11.0. The van der Waals surface area contributed by atoms with Gasteiger partial charge in [0, 0.05) is 24.1 Å². The van der Waals surface area contributed by atoms with Crippen LogP contribution in [0.4, 0.5) is 11.5 Å². The van der Waals surface area contributed by atoms with Gasteiger partial charge in [-0.15, -0.1) is 0 Å². The topological polar surface area (TPSA) is 318 Å². The summed E-state index contributed by atoms with van der Waals surface area (Å²) >= 11 is 0. The molecule has 0 aliphatic carbocycles. The third-order valence-electron chi connectivity index (χ3n) is 6.47. The fourth-order valence-corrected chi connectivity index (χ4v) is 5.12. The number of aliphatic hydroxyl groups excluding tert-OH is 3. The molecule has 0 bridgehead atoms. The molecule has 1 unspecified atom stereocenters. The van der Waals surface area contributed by atoms with Crippen LogP contribution in [0.25, 0.3) is 0 Å². The van der Waals surface area contributed by atoms with Gasteiger partial charge in [0.05, 0.1) is 30.7 Å². The van der Waals surface area contributed by atoms with E-state index in [0.29, 0.717) is 5.56 Å². The monoisotopic (exact) mass is 643 g/mol. The summed E-state index contributed by atoms with van der Waals surface area (Å²) in [6.07, 6.45) is -9.27. The largest absolute Gasteiger partial charge is 0.756 e. The zero-order valence-electron chi connectivity index (χ0n) is 22.8. The number of carbonyl (C=O) groups excluding carboxylic acids is 3. The minimum Gasteiger partial charge on any atom is -0.756 e. The number of amides is 1. The van der Waals surface area contributed by atoms with Crippen molar-refractivity contribution >= 4 is 37.2 Å². The van der Waals surface area contributed by atoms with Gasteiger partial charge in [-0.3, -0.25) is 24.1 Å². The molecule has 242 valence electrons. The van der Waals surface area contributed by atoms with E-state index in [2.05, 4.69) is 19.0 Å². The number of phenolic OH excluding ortho intramolecular Hbond substituents is 1. The fraction of sp³-hybridized carbons (Fsp3) is 0.458. The molecule has 0 radical (unpaired) electrons. The number of phosphoric acid groups is 1. The highest BCUT2D eigenvalue weighted by Gasteiger charge is 2.33. The molecule has 2 aromatic rings. The summed E-state index contributed by atoms with van der Waals surface area (Å²) in [4.78, 5) is 76.0. The highest BCUT2D eigenvalue weighted by atomic mass is 31.2. The molecule has 7 N–H and O–H groups in total. The van der Waals surface area contributed by atoms with Crippen LogP contribution in [0.3, 0.4) is 0 Å². The molecular formula is C24H28N4O15P-3. The number of H-pyrrole nitrogens is 2. The number of phosphoric ester groups is 1. The highest BCUT2D eigenvalue weighted by molar-refractivity contribution is 7.45. The zero-order valence-corrected chi connectivity index (χ0v) is 23.7. The van der Waals surface area contributed by atoms with Gasteiger partial charge in [0.1, 0.15) is 36.0 Å². The first kappa shape index (κ1) is 34.4. The minimum absolute atomic E-state index is 0.0472. The van der Waals surface area contributed by atoms with Gasteiger partial charge in [0.25, 0.3) is 13.4 Å². The van der Waals surface area contributed by atoms with Gasteiger partial charge in [-0.1, -0.05) is 6.07 Å². The highest BCUT2D eigenvalue weighted by Crippen LogP contribution is 2.40. The summed E-state index contributed by atoms with van der Waals surface area (Å²) < 4.78 is 21.2. The van der Waals surface area contributed by atoms with Crippen molar-refractivity contribution in [3.05, 3.63) is 50.2 Å². The lowest BCUT2D eigenvalue weighted by Crippen LogP contribution is -2.51. The van der Waals surface area contributed by atoms with E-state index in [1.54, 1.807) is 0 Å². The molecule has 0 spiro atoms. The van der Waals surface area contributed by atoms with Crippen molar-refractivity contribution < 1.29 is 63.5 Å². The first-order chi connectivity index (χ1) is 20.5. The molecule has 0 saturated carbocycles. The maximum Gasteiger partial charge on any atom is 0.327 e. The Morgan fingerprint density at radius 2 is 1.82 bits per heavy atom. The number of carboxylic acids is 2. The van der Waals surface area contributed by atoms with Crippen LogP contribution in [0, 0.1) is 0 Å². The van der Waals surface area contributed by atoms with E-state index >= 15 is 0 Å². The number of fused-ring (bicyclic) bond motifs is 2. The van der Waals surface area contributed by atoms with E-state index < -0.39 is 93.4 Å². The fourth-order valence-electron chi connectivity index (χ4n) is 4.24. The van der Waals surface area contributed by atoms with Gasteiger partial charge >= 0.3 is 5.69 Å². The number of aromatic amines is 2. The first-order valence-electron chi connectivity index (χ1n) is 12.8. The van der Waals surface area contributed by atoms with Gasteiger partial charge in [-0.2, -0.15) is 0 Å².